The highest BCUT2D eigenvalue weighted by atomic mass is 16.5. The number of carbonyl (C=O) groups excluding carboxylic acids is 2. The van der Waals surface area contributed by atoms with Crippen LogP contribution in [0.25, 0.3) is 0 Å². The molecule has 0 bridgehead atoms. The number of ether oxygens (including phenoxy) is 1. The average Bonchev–Trinajstić information content (AvgIpc) is 2.35. The predicted octanol–water partition coefficient (Wildman–Crippen LogP) is 1.01. The van der Waals surface area contributed by atoms with Crippen LogP contribution in [0.5, 0.6) is 5.75 Å². The first-order valence-electron chi connectivity index (χ1n) is 5.48. The molecule has 5 heteroatoms. The fourth-order valence-electron chi connectivity index (χ4n) is 1.13. The maximum atomic E-state index is 11.3. The molecule has 0 heterocycles. The summed E-state index contributed by atoms with van der Waals surface area (Å²) in [6.45, 7) is 1.76. The van der Waals surface area contributed by atoms with Crippen LogP contribution in [-0.4, -0.2) is 18.4 Å². The molecule has 1 rings (SSSR count). The second-order valence-corrected chi connectivity index (χ2v) is 3.45. The predicted molar refractivity (Wildman–Crippen MR) is 63.1 cm³/mol. The van der Waals surface area contributed by atoms with Gasteiger partial charge in [0.25, 0.3) is 5.91 Å². The van der Waals surface area contributed by atoms with Gasteiger partial charge in [-0.25, -0.2) is 0 Å². The van der Waals surface area contributed by atoms with E-state index in [9.17, 15) is 9.59 Å². The van der Waals surface area contributed by atoms with Crippen LogP contribution in [0.1, 0.15) is 19.8 Å². The lowest BCUT2D eigenvalue weighted by Gasteiger charge is -2.08. The minimum absolute atomic E-state index is 0.129. The van der Waals surface area contributed by atoms with Crippen LogP contribution < -0.4 is 15.6 Å². The van der Waals surface area contributed by atoms with Crippen molar-refractivity contribution in [3.63, 3.8) is 0 Å². The molecule has 0 unspecified atom stereocenters. The lowest BCUT2D eigenvalue weighted by Crippen LogP contribution is -2.43. The van der Waals surface area contributed by atoms with Gasteiger partial charge in [-0.1, -0.05) is 25.1 Å². The summed E-state index contributed by atoms with van der Waals surface area (Å²) in [4.78, 5) is 22.3. The van der Waals surface area contributed by atoms with Gasteiger partial charge in [-0.15, -0.1) is 0 Å². The number of benzene rings is 1. The van der Waals surface area contributed by atoms with Crippen molar-refractivity contribution in [2.45, 2.75) is 19.8 Å². The van der Waals surface area contributed by atoms with E-state index in [4.69, 9.17) is 4.74 Å². The van der Waals surface area contributed by atoms with Crippen molar-refractivity contribution < 1.29 is 14.3 Å². The molecule has 0 aromatic heterocycles. The van der Waals surface area contributed by atoms with Crippen molar-refractivity contribution in [1.29, 1.82) is 0 Å². The molecule has 0 fully saturated rings. The highest BCUT2D eigenvalue weighted by molar-refractivity contribution is 5.82. The van der Waals surface area contributed by atoms with Crippen LogP contribution >= 0.6 is 0 Å². The largest absolute Gasteiger partial charge is 0.484 e. The Bertz CT molecular complexity index is 365. The standard InChI is InChI=1S/C12H16N2O3/c1-2-6-11(15)13-14-12(16)9-17-10-7-4-3-5-8-10/h3-5,7-8H,2,6,9H2,1H3,(H,13,15)(H,14,16). The van der Waals surface area contributed by atoms with Crippen molar-refractivity contribution in [3.05, 3.63) is 30.3 Å². The molecular weight excluding hydrogens is 220 g/mol. The molecular formula is C12H16N2O3. The molecule has 5 nitrogen and oxygen atoms in total. The summed E-state index contributed by atoms with van der Waals surface area (Å²) in [6.07, 6.45) is 1.13. The minimum Gasteiger partial charge on any atom is -0.484 e. The number of hydrogen-bond donors (Lipinski definition) is 2. The van der Waals surface area contributed by atoms with E-state index >= 15 is 0 Å². The number of rotatable bonds is 5. The fraction of sp³-hybridized carbons (Fsp3) is 0.333. The van der Waals surface area contributed by atoms with E-state index in [1.165, 1.54) is 0 Å². The first kappa shape index (κ1) is 13.0. The minimum atomic E-state index is -0.390. The maximum Gasteiger partial charge on any atom is 0.276 e. The Morgan fingerprint density at radius 3 is 2.41 bits per heavy atom. The van der Waals surface area contributed by atoms with E-state index in [-0.39, 0.29) is 12.5 Å². The lowest BCUT2D eigenvalue weighted by molar-refractivity contribution is -0.130. The zero-order valence-corrected chi connectivity index (χ0v) is 9.73. The van der Waals surface area contributed by atoms with Crippen LogP contribution in [0.2, 0.25) is 0 Å². The molecule has 0 aliphatic carbocycles. The van der Waals surface area contributed by atoms with Gasteiger partial charge in [-0.2, -0.15) is 0 Å². The number of nitrogens with one attached hydrogen (secondary N) is 2. The number of carbonyl (C=O) groups is 2. The van der Waals surface area contributed by atoms with Crippen LogP contribution in [0.4, 0.5) is 0 Å². The number of amides is 2. The van der Waals surface area contributed by atoms with Gasteiger partial charge >= 0.3 is 0 Å². The smallest absolute Gasteiger partial charge is 0.276 e. The molecule has 0 aliphatic rings. The van der Waals surface area contributed by atoms with Crippen LogP contribution in [-0.2, 0) is 9.59 Å². The Morgan fingerprint density at radius 1 is 1.12 bits per heavy atom. The quantitative estimate of drug-likeness (QED) is 0.750. The van der Waals surface area contributed by atoms with Crippen molar-refractivity contribution in [1.82, 2.24) is 10.9 Å². The topological polar surface area (TPSA) is 67.4 Å². The second kappa shape index (κ2) is 7.27. The summed E-state index contributed by atoms with van der Waals surface area (Å²) in [5.74, 6) is 0.0152. The summed E-state index contributed by atoms with van der Waals surface area (Å²) in [7, 11) is 0. The van der Waals surface area contributed by atoms with E-state index in [1.807, 2.05) is 25.1 Å². The van der Waals surface area contributed by atoms with Crippen LogP contribution in [0.15, 0.2) is 30.3 Å². The third kappa shape index (κ3) is 5.55. The van der Waals surface area contributed by atoms with Gasteiger partial charge in [0, 0.05) is 6.42 Å². The molecule has 0 saturated heterocycles. The molecule has 2 N–H and O–H groups in total. The molecule has 92 valence electrons. The van der Waals surface area contributed by atoms with Gasteiger partial charge in [0.15, 0.2) is 6.61 Å². The third-order valence-corrected chi connectivity index (χ3v) is 1.93. The normalized spacial score (nSPS) is 9.47. The Kier molecular flexibility index (Phi) is 5.57. The van der Waals surface area contributed by atoms with Gasteiger partial charge in [-0.05, 0) is 18.6 Å². The van der Waals surface area contributed by atoms with E-state index in [1.54, 1.807) is 12.1 Å². The van der Waals surface area contributed by atoms with Gasteiger partial charge < -0.3 is 4.74 Å². The molecule has 17 heavy (non-hydrogen) atoms. The summed E-state index contributed by atoms with van der Waals surface area (Å²) >= 11 is 0. The van der Waals surface area contributed by atoms with Crippen LogP contribution in [0.3, 0.4) is 0 Å². The van der Waals surface area contributed by atoms with Crippen molar-refractivity contribution in [2.24, 2.45) is 0 Å². The summed E-state index contributed by atoms with van der Waals surface area (Å²) < 4.78 is 5.20. The first-order valence-corrected chi connectivity index (χ1v) is 5.48. The lowest BCUT2D eigenvalue weighted by atomic mass is 10.3. The highest BCUT2D eigenvalue weighted by Gasteiger charge is 2.04. The zero-order valence-electron chi connectivity index (χ0n) is 9.73. The summed E-state index contributed by atoms with van der Waals surface area (Å²) in [5.41, 5.74) is 4.58. The van der Waals surface area contributed by atoms with Crippen LogP contribution in [0, 0.1) is 0 Å². The molecule has 2 amide bonds. The number of para-hydroxylation sites is 1. The van der Waals surface area contributed by atoms with Gasteiger partial charge in [-0.3, -0.25) is 20.4 Å². The molecule has 1 aromatic carbocycles. The first-order chi connectivity index (χ1) is 8.22. The molecule has 0 saturated carbocycles. The summed E-state index contributed by atoms with van der Waals surface area (Å²) in [6, 6.07) is 9.00. The molecule has 0 radical (unpaired) electrons. The molecule has 1 aromatic rings. The summed E-state index contributed by atoms with van der Waals surface area (Å²) in [5, 5.41) is 0. The maximum absolute atomic E-state index is 11.3. The monoisotopic (exact) mass is 236 g/mol. The van der Waals surface area contributed by atoms with E-state index in [0.29, 0.717) is 12.2 Å². The van der Waals surface area contributed by atoms with Crippen molar-refractivity contribution in [2.75, 3.05) is 6.61 Å². The van der Waals surface area contributed by atoms with Gasteiger partial charge in [0.2, 0.25) is 5.91 Å². The Labute approximate surface area is 100 Å². The molecule has 0 aliphatic heterocycles. The highest BCUT2D eigenvalue weighted by Crippen LogP contribution is 2.07. The Hall–Kier alpha value is -2.04. The Balaban J connectivity index is 2.20. The molecule has 0 spiro atoms. The second-order valence-electron chi connectivity index (χ2n) is 3.45. The number of hydrazine groups is 1. The average molecular weight is 236 g/mol. The van der Waals surface area contributed by atoms with E-state index in [2.05, 4.69) is 10.9 Å². The number of hydrogen-bond acceptors (Lipinski definition) is 3. The third-order valence-electron chi connectivity index (χ3n) is 1.93. The zero-order chi connectivity index (χ0) is 12.5. The van der Waals surface area contributed by atoms with Crippen molar-refractivity contribution >= 4 is 11.8 Å². The van der Waals surface area contributed by atoms with E-state index < -0.39 is 5.91 Å². The SMILES string of the molecule is CCCC(=O)NNC(=O)COc1ccccc1. The fourth-order valence-corrected chi connectivity index (χ4v) is 1.13. The van der Waals surface area contributed by atoms with Crippen molar-refractivity contribution in [3.8, 4) is 5.75 Å². The Morgan fingerprint density at radius 2 is 1.76 bits per heavy atom. The molecule has 0 atom stereocenters. The van der Waals surface area contributed by atoms with Gasteiger partial charge in [0.05, 0.1) is 0 Å². The van der Waals surface area contributed by atoms with Gasteiger partial charge in [0.1, 0.15) is 5.75 Å². The van der Waals surface area contributed by atoms with E-state index in [0.717, 1.165) is 6.42 Å².